The molecule has 3 rings (SSSR count). The zero-order chi connectivity index (χ0) is 23.1. The van der Waals surface area contributed by atoms with Gasteiger partial charge < -0.3 is 19.9 Å². The summed E-state index contributed by atoms with van der Waals surface area (Å²) < 4.78 is 0. The number of hydrogen-bond donors (Lipinski definition) is 1. The van der Waals surface area contributed by atoms with Crippen molar-refractivity contribution in [3.05, 3.63) is 53.6 Å². The second-order valence-electron chi connectivity index (χ2n) is 8.72. The first-order valence-corrected chi connectivity index (χ1v) is 12.4. The van der Waals surface area contributed by atoms with Crippen LogP contribution < -0.4 is 10.2 Å². The van der Waals surface area contributed by atoms with E-state index in [1.165, 1.54) is 11.1 Å². The molecule has 2 aromatic carbocycles. The quantitative estimate of drug-likeness (QED) is 0.288. The van der Waals surface area contributed by atoms with Crippen LogP contribution in [0.5, 0.6) is 0 Å². The maximum absolute atomic E-state index is 13.3. The molecule has 0 aliphatic heterocycles. The van der Waals surface area contributed by atoms with Gasteiger partial charge in [-0.2, -0.15) is 0 Å². The Morgan fingerprint density at radius 1 is 1.12 bits per heavy atom. The van der Waals surface area contributed by atoms with Gasteiger partial charge in [-0.3, -0.25) is 0 Å². The third-order valence-electron chi connectivity index (χ3n) is 5.94. The first-order chi connectivity index (χ1) is 15.4. The van der Waals surface area contributed by atoms with E-state index in [-0.39, 0.29) is 17.3 Å². The lowest BCUT2D eigenvalue weighted by molar-refractivity contribution is -0.107. The van der Waals surface area contributed by atoms with Crippen molar-refractivity contribution in [1.29, 1.82) is 0 Å². The number of carbonyl (C=O) groups is 2. The number of urea groups is 1. The molecular weight excluding hydrogens is 418 g/mol. The molecule has 1 aliphatic carbocycles. The minimum atomic E-state index is -0.0551. The molecule has 1 aliphatic rings. The molecule has 0 spiro atoms. The van der Waals surface area contributed by atoms with Gasteiger partial charge in [-0.05, 0) is 73.7 Å². The fourth-order valence-corrected chi connectivity index (χ4v) is 4.97. The Labute approximate surface area is 196 Å². The van der Waals surface area contributed by atoms with Gasteiger partial charge in [0, 0.05) is 43.0 Å². The lowest BCUT2D eigenvalue weighted by Gasteiger charge is -2.29. The van der Waals surface area contributed by atoms with E-state index in [0.717, 1.165) is 61.2 Å². The summed E-state index contributed by atoms with van der Waals surface area (Å²) >= 11 is 1.58. The van der Waals surface area contributed by atoms with E-state index in [2.05, 4.69) is 30.4 Å². The van der Waals surface area contributed by atoms with Crippen molar-refractivity contribution < 1.29 is 9.59 Å². The predicted octanol–water partition coefficient (Wildman–Crippen LogP) is 5.62. The van der Waals surface area contributed by atoms with Crippen LogP contribution in [0.4, 0.5) is 16.2 Å². The number of thioether (sulfide) groups is 1. The number of nitrogens with one attached hydrogen (secondary N) is 1. The average Bonchev–Trinajstić information content (AvgIpc) is 3.19. The Hall–Kier alpha value is -2.47. The van der Waals surface area contributed by atoms with Gasteiger partial charge in [-0.25, -0.2) is 4.79 Å². The standard InChI is InChI=1S/C26H35N3O2S/c1-5-6-7-14-29(26(31)27-22-9-11-23(12-10-22)28(3)4)24-15-20-8-13-25(17-21(20)16-24)32-19(2)18-30/h8-13,17-19,24H,5-7,14-16H2,1-4H3,(H,27,31). The maximum atomic E-state index is 13.3. The van der Waals surface area contributed by atoms with E-state index in [1.54, 1.807) is 11.8 Å². The normalized spacial score (nSPS) is 15.7. The number of carbonyl (C=O) groups excluding carboxylic acids is 2. The van der Waals surface area contributed by atoms with Crippen LogP contribution in [0.3, 0.4) is 0 Å². The molecule has 2 amide bonds. The molecule has 2 atom stereocenters. The second kappa shape index (κ2) is 11.4. The summed E-state index contributed by atoms with van der Waals surface area (Å²) in [6.07, 6.45) is 5.97. The summed E-state index contributed by atoms with van der Waals surface area (Å²) in [7, 11) is 4.01. The average molecular weight is 454 g/mol. The molecule has 0 saturated carbocycles. The van der Waals surface area contributed by atoms with E-state index < -0.39 is 0 Å². The van der Waals surface area contributed by atoms with Gasteiger partial charge in [0.25, 0.3) is 0 Å². The molecule has 0 saturated heterocycles. The number of unbranched alkanes of at least 4 members (excludes halogenated alkanes) is 2. The maximum Gasteiger partial charge on any atom is 0.322 e. The minimum Gasteiger partial charge on any atom is -0.378 e. The number of hydrogen-bond acceptors (Lipinski definition) is 4. The molecule has 172 valence electrons. The molecule has 0 bridgehead atoms. The van der Waals surface area contributed by atoms with Gasteiger partial charge in [0.1, 0.15) is 6.29 Å². The van der Waals surface area contributed by atoms with Crippen LogP contribution in [0.15, 0.2) is 47.4 Å². The zero-order valence-corrected chi connectivity index (χ0v) is 20.5. The van der Waals surface area contributed by atoms with Gasteiger partial charge in [-0.15, -0.1) is 11.8 Å². The highest BCUT2D eigenvalue weighted by atomic mass is 32.2. The van der Waals surface area contributed by atoms with Crippen LogP contribution >= 0.6 is 11.8 Å². The zero-order valence-electron chi connectivity index (χ0n) is 19.6. The molecule has 0 radical (unpaired) electrons. The van der Waals surface area contributed by atoms with Crippen molar-refractivity contribution in [3.8, 4) is 0 Å². The van der Waals surface area contributed by atoms with E-state index in [1.807, 2.05) is 55.1 Å². The van der Waals surface area contributed by atoms with Crippen molar-refractivity contribution in [1.82, 2.24) is 4.90 Å². The van der Waals surface area contributed by atoms with Crippen LogP contribution in [0.25, 0.3) is 0 Å². The molecule has 0 fully saturated rings. The first-order valence-electron chi connectivity index (χ1n) is 11.5. The van der Waals surface area contributed by atoms with Crippen molar-refractivity contribution in [2.24, 2.45) is 0 Å². The Balaban J connectivity index is 1.71. The summed E-state index contributed by atoms with van der Waals surface area (Å²) in [6, 6.07) is 14.5. The fraction of sp³-hybridized carbons (Fsp3) is 0.462. The number of aldehydes is 1. The van der Waals surface area contributed by atoms with E-state index in [4.69, 9.17) is 0 Å². The first kappa shape index (κ1) is 24.2. The summed E-state index contributed by atoms with van der Waals surface area (Å²) in [5, 5.41) is 3.05. The number of rotatable bonds is 10. The Morgan fingerprint density at radius 2 is 1.84 bits per heavy atom. The number of benzene rings is 2. The molecule has 5 nitrogen and oxygen atoms in total. The van der Waals surface area contributed by atoms with Crippen molar-refractivity contribution in [2.75, 3.05) is 30.9 Å². The van der Waals surface area contributed by atoms with Crippen molar-refractivity contribution in [2.45, 2.75) is 62.1 Å². The van der Waals surface area contributed by atoms with Gasteiger partial charge in [0.05, 0.1) is 5.25 Å². The largest absolute Gasteiger partial charge is 0.378 e. The van der Waals surface area contributed by atoms with Gasteiger partial charge in [-0.1, -0.05) is 25.8 Å². The minimum absolute atomic E-state index is 0.0271. The highest BCUT2D eigenvalue weighted by Gasteiger charge is 2.30. The van der Waals surface area contributed by atoms with Crippen molar-refractivity contribution >= 4 is 35.5 Å². The summed E-state index contributed by atoms with van der Waals surface area (Å²) in [6.45, 7) is 4.86. The lowest BCUT2D eigenvalue weighted by atomic mass is 10.1. The van der Waals surface area contributed by atoms with Crippen LogP contribution in [0.1, 0.15) is 44.2 Å². The monoisotopic (exact) mass is 453 g/mol. The van der Waals surface area contributed by atoms with E-state index in [0.29, 0.717) is 0 Å². The molecular formula is C26H35N3O2S. The Bertz CT molecular complexity index is 914. The molecule has 0 heterocycles. The van der Waals surface area contributed by atoms with Crippen LogP contribution in [0.2, 0.25) is 0 Å². The van der Waals surface area contributed by atoms with E-state index in [9.17, 15) is 9.59 Å². The lowest BCUT2D eigenvalue weighted by Crippen LogP contribution is -2.44. The smallest absolute Gasteiger partial charge is 0.322 e. The molecule has 6 heteroatoms. The highest BCUT2D eigenvalue weighted by Crippen LogP contribution is 2.31. The summed E-state index contributed by atoms with van der Waals surface area (Å²) in [5.41, 5.74) is 4.52. The molecule has 0 aromatic heterocycles. The number of anilines is 2. The van der Waals surface area contributed by atoms with Crippen LogP contribution in [-0.2, 0) is 17.6 Å². The summed E-state index contributed by atoms with van der Waals surface area (Å²) in [4.78, 5) is 29.5. The third-order valence-corrected chi connectivity index (χ3v) is 6.95. The molecule has 32 heavy (non-hydrogen) atoms. The van der Waals surface area contributed by atoms with Gasteiger partial charge >= 0.3 is 6.03 Å². The Morgan fingerprint density at radius 3 is 2.50 bits per heavy atom. The highest BCUT2D eigenvalue weighted by molar-refractivity contribution is 8.00. The SMILES string of the molecule is CCCCCN(C(=O)Nc1ccc(N(C)C)cc1)C1Cc2ccc(SC(C)C=O)cc2C1. The number of nitrogens with zero attached hydrogens (tertiary/aromatic N) is 2. The fourth-order valence-electron chi connectivity index (χ4n) is 4.13. The number of amides is 2. The second-order valence-corrected chi connectivity index (χ2v) is 10.2. The Kier molecular flexibility index (Phi) is 8.62. The van der Waals surface area contributed by atoms with E-state index >= 15 is 0 Å². The van der Waals surface area contributed by atoms with Gasteiger partial charge in [0.15, 0.2) is 0 Å². The van der Waals surface area contributed by atoms with Crippen LogP contribution in [0, 0.1) is 0 Å². The van der Waals surface area contributed by atoms with Crippen LogP contribution in [-0.4, -0.2) is 49.1 Å². The third kappa shape index (κ3) is 6.28. The number of fused-ring (bicyclic) bond motifs is 1. The van der Waals surface area contributed by atoms with Crippen molar-refractivity contribution in [3.63, 3.8) is 0 Å². The topological polar surface area (TPSA) is 52.7 Å². The molecule has 2 aromatic rings. The van der Waals surface area contributed by atoms with Gasteiger partial charge in [0.2, 0.25) is 0 Å². The summed E-state index contributed by atoms with van der Waals surface area (Å²) in [5.74, 6) is 0. The predicted molar refractivity (Wildman–Crippen MR) is 135 cm³/mol. The molecule has 1 N–H and O–H groups in total. The molecule has 2 unspecified atom stereocenters.